The molecule has 6 nitrogen and oxygen atoms in total. The highest BCUT2D eigenvalue weighted by Crippen LogP contribution is 2.20. The molecule has 0 heterocycles. The van der Waals surface area contributed by atoms with Gasteiger partial charge in [-0.3, -0.25) is 0 Å². The summed E-state index contributed by atoms with van der Waals surface area (Å²) in [6.07, 6.45) is 2.58. The van der Waals surface area contributed by atoms with Crippen molar-refractivity contribution in [3.8, 4) is 0 Å². The van der Waals surface area contributed by atoms with E-state index in [1.165, 1.54) is 0 Å². The van der Waals surface area contributed by atoms with E-state index in [2.05, 4.69) is 26.6 Å². The van der Waals surface area contributed by atoms with Gasteiger partial charge in [-0.2, -0.15) is 0 Å². The average molecular weight is 410 g/mol. The Morgan fingerprint density at radius 2 is 1.52 bits per heavy atom. The zero-order valence-electron chi connectivity index (χ0n) is 17.7. The topological polar surface area (TPSA) is 57.2 Å². The van der Waals surface area contributed by atoms with E-state index >= 15 is 0 Å². The van der Waals surface area contributed by atoms with Gasteiger partial charge in [-0.1, -0.05) is 26.6 Å². The van der Waals surface area contributed by atoms with Gasteiger partial charge in [0.15, 0.2) is 8.24 Å². The number of hydrogen-bond donors (Lipinski definition) is 0. The molecular formula is C16H39NO5Si3. The van der Waals surface area contributed by atoms with Gasteiger partial charge in [-0.25, -0.2) is 4.79 Å². The zero-order chi connectivity index (χ0) is 19.7. The third-order valence-electron chi connectivity index (χ3n) is 3.69. The molecule has 0 aromatic heterocycles. The van der Waals surface area contributed by atoms with E-state index in [0.29, 0.717) is 13.2 Å². The van der Waals surface area contributed by atoms with Gasteiger partial charge < -0.3 is 22.3 Å². The lowest BCUT2D eigenvalue weighted by atomic mass is 10.3. The van der Waals surface area contributed by atoms with Crippen LogP contribution in [-0.2, 0) is 17.7 Å². The van der Waals surface area contributed by atoms with E-state index < -0.39 is 25.4 Å². The van der Waals surface area contributed by atoms with Crippen molar-refractivity contribution in [2.75, 3.05) is 27.4 Å². The second kappa shape index (κ2) is 10.8. The van der Waals surface area contributed by atoms with Crippen LogP contribution in [0.2, 0.25) is 45.3 Å². The van der Waals surface area contributed by atoms with Gasteiger partial charge in [0.25, 0.3) is 0 Å². The predicted molar refractivity (Wildman–Crippen MR) is 110 cm³/mol. The molecule has 0 aliphatic heterocycles. The summed E-state index contributed by atoms with van der Waals surface area (Å²) in [5.41, 5.74) is 0. The highest BCUT2D eigenvalue weighted by molar-refractivity contribution is 6.76. The number of carbonyl (C=O) groups excluding carboxylic acids is 1. The zero-order valence-corrected chi connectivity index (χ0v) is 20.7. The monoisotopic (exact) mass is 409 g/mol. The molecule has 0 aliphatic carbocycles. The summed E-state index contributed by atoms with van der Waals surface area (Å²) in [7, 11) is -2.92. The Morgan fingerprint density at radius 1 is 0.960 bits per heavy atom. The molecular weight excluding hydrogens is 370 g/mol. The molecule has 0 N–H and O–H groups in total. The SMILES string of the molecule is CCCO[Si](CCCCN(C(=O)O[Si](C)(C)C)[Si](C)(C)C)(OC)OC. The van der Waals surface area contributed by atoms with Crippen molar-refractivity contribution in [3.05, 3.63) is 0 Å². The molecule has 0 radical (unpaired) electrons. The van der Waals surface area contributed by atoms with Crippen molar-refractivity contribution in [1.29, 1.82) is 0 Å². The van der Waals surface area contributed by atoms with Crippen molar-refractivity contribution >= 4 is 31.5 Å². The molecule has 0 spiro atoms. The maximum Gasteiger partial charge on any atom is 0.500 e. The number of hydrogen-bond acceptors (Lipinski definition) is 5. The van der Waals surface area contributed by atoms with Crippen molar-refractivity contribution in [2.45, 2.75) is 71.5 Å². The maximum atomic E-state index is 12.6. The molecule has 0 atom stereocenters. The molecule has 0 saturated carbocycles. The smallest absolute Gasteiger partial charge is 0.500 e. The van der Waals surface area contributed by atoms with Crippen LogP contribution in [0.1, 0.15) is 26.2 Å². The Labute approximate surface area is 157 Å². The van der Waals surface area contributed by atoms with Crippen molar-refractivity contribution < 1.29 is 22.5 Å². The minimum Gasteiger partial charge on any atom is -0.505 e. The Kier molecular flexibility index (Phi) is 10.7. The molecule has 0 aromatic carbocycles. The summed E-state index contributed by atoms with van der Waals surface area (Å²) in [4.78, 5) is 12.6. The Morgan fingerprint density at radius 3 is 1.92 bits per heavy atom. The quantitative estimate of drug-likeness (QED) is 0.350. The first-order valence-corrected chi connectivity index (χ1v) is 17.9. The standard InChI is InChI=1S/C16H39NO5Si3/c1-10-14-21-25(19-2,20-3)15-12-11-13-17(23(4,5)6)16(18)22-24(7,8)9/h10-15H2,1-9H3. The number of carbonyl (C=O) groups is 1. The van der Waals surface area contributed by atoms with Crippen LogP contribution in [0.4, 0.5) is 4.79 Å². The second-order valence-electron chi connectivity index (χ2n) is 8.20. The number of nitrogens with zero attached hydrogens (tertiary/aromatic N) is 1. The second-order valence-corrected chi connectivity index (χ2v) is 20.5. The molecule has 0 fully saturated rings. The summed E-state index contributed by atoms with van der Waals surface area (Å²) in [5, 5.41) is 0. The minimum absolute atomic E-state index is 0.150. The lowest BCUT2D eigenvalue weighted by Gasteiger charge is -2.36. The van der Waals surface area contributed by atoms with Crippen LogP contribution in [0.15, 0.2) is 0 Å². The summed E-state index contributed by atoms with van der Waals surface area (Å²) in [6, 6.07) is 0.766. The van der Waals surface area contributed by atoms with Gasteiger partial charge in [-0.15, -0.1) is 0 Å². The lowest BCUT2D eigenvalue weighted by molar-refractivity contribution is 0.0975. The first-order chi connectivity index (χ1) is 11.4. The fourth-order valence-corrected chi connectivity index (χ4v) is 6.66. The van der Waals surface area contributed by atoms with Crippen molar-refractivity contribution in [1.82, 2.24) is 4.57 Å². The third-order valence-corrected chi connectivity index (χ3v) is 9.35. The molecule has 0 unspecified atom stereocenters. The fourth-order valence-electron chi connectivity index (χ4n) is 2.36. The summed E-state index contributed by atoms with van der Waals surface area (Å²) >= 11 is 0. The van der Waals surface area contributed by atoms with Gasteiger partial charge >= 0.3 is 14.9 Å². The summed E-state index contributed by atoms with van der Waals surface area (Å²) in [5.74, 6) is 0. The van der Waals surface area contributed by atoms with Gasteiger partial charge in [0.05, 0.1) is 0 Å². The van der Waals surface area contributed by atoms with Gasteiger partial charge in [-0.05, 0) is 38.9 Å². The summed E-state index contributed by atoms with van der Waals surface area (Å²) in [6.45, 7) is 16.1. The predicted octanol–water partition coefficient (Wildman–Crippen LogP) is 4.53. The van der Waals surface area contributed by atoms with E-state index in [1.54, 1.807) is 14.2 Å². The Bertz CT molecular complexity index is 392. The molecule has 25 heavy (non-hydrogen) atoms. The van der Waals surface area contributed by atoms with Crippen LogP contribution in [0, 0.1) is 0 Å². The normalized spacial score (nSPS) is 13.0. The van der Waals surface area contributed by atoms with Crippen molar-refractivity contribution in [3.63, 3.8) is 0 Å². The minimum atomic E-state index is -2.56. The molecule has 0 aromatic rings. The van der Waals surface area contributed by atoms with Crippen molar-refractivity contribution in [2.24, 2.45) is 0 Å². The van der Waals surface area contributed by atoms with Gasteiger partial charge in [0.1, 0.15) is 0 Å². The molecule has 0 rings (SSSR count). The molecule has 0 aliphatic rings. The van der Waals surface area contributed by atoms with Crippen LogP contribution in [0.3, 0.4) is 0 Å². The van der Waals surface area contributed by atoms with E-state index in [-0.39, 0.29) is 6.09 Å². The number of amides is 1. The fraction of sp³-hybridized carbons (Fsp3) is 0.938. The van der Waals surface area contributed by atoms with Crippen LogP contribution >= 0.6 is 0 Å². The van der Waals surface area contributed by atoms with E-state index in [9.17, 15) is 4.79 Å². The molecule has 1 amide bonds. The maximum absolute atomic E-state index is 12.6. The van der Waals surface area contributed by atoms with Crippen LogP contribution < -0.4 is 0 Å². The summed E-state index contributed by atoms with van der Waals surface area (Å²) < 4.78 is 24.7. The Hall–Kier alpha value is -0.199. The lowest BCUT2D eigenvalue weighted by Crippen LogP contribution is -2.52. The molecule has 0 saturated heterocycles. The van der Waals surface area contributed by atoms with Crippen LogP contribution in [0.25, 0.3) is 0 Å². The number of rotatable bonds is 12. The van der Waals surface area contributed by atoms with Gasteiger partial charge in [0.2, 0.25) is 8.32 Å². The number of unbranched alkanes of at least 4 members (excludes halogenated alkanes) is 1. The van der Waals surface area contributed by atoms with Crippen LogP contribution in [-0.4, -0.2) is 63.4 Å². The van der Waals surface area contributed by atoms with E-state index in [4.69, 9.17) is 17.7 Å². The van der Waals surface area contributed by atoms with Crippen LogP contribution in [0.5, 0.6) is 0 Å². The van der Waals surface area contributed by atoms with E-state index in [1.807, 2.05) is 24.2 Å². The highest BCUT2D eigenvalue weighted by atomic mass is 28.4. The highest BCUT2D eigenvalue weighted by Gasteiger charge is 2.38. The average Bonchev–Trinajstić information content (AvgIpc) is 2.47. The van der Waals surface area contributed by atoms with E-state index in [0.717, 1.165) is 25.3 Å². The molecule has 150 valence electrons. The van der Waals surface area contributed by atoms with Gasteiger partial charge in [0, 0.05) is 33.4 Å². The molecule has 0 bridgehead atoms. The third kappa shape index (κ3) is 9.90. The Balaban J connectivity index is 4.68. The molecule has 9 heteroatoms. The largest absolute Gasteiger partial charge is 0.505 e. The first-order valence-electron chi connectivity index (χ1n) is 9.15. The first kappa shape index (κ1) is 24.8.